The Morgan fingerprint density at radius 3 is 3.08 bits per heavy atom. The Hall–Kier alpha value is -0.830. The number of hydrogen-bond donors (Lipinski definition) is 2. The number of imidazole rings is 1. The molecule has 1 aromatic heterocycles. The molecular formula is C10H17N3. The van der Waals surface area contributed by atoms with E-state index in [0.717, 1.165) is 18.8 Å². The molecule has 2 heterocycles. The Morgan fingerprint density at radius 1 is 1.54 bits per heavy atom. The molecule has 2 N–H and O–H groups in total. The number of rotatable bonds is 2. The standard InChI is InChI=1S/C10H17N3/c1-2-8-7-12-10(13-8)9-5-3-4-6-11-9/h7,9,11H,2-6H2,1H3,(H,12,13). The van der Waals surface area contributed by atoms with Crippen molar-refractivity contribution in [1.82, 2.24) is 15.3 Å². The van der Waals surface area contributed by atoms with E-state index in [1.807, 2.05) is 6.20 Å². The van der Waals surface area contributed by atoms with E-state index in [-0.39, 0.29) is 0 Å². The lowest BCUT2D eigenvalue weighted by atomic mass is 10.0. The zero-order valence-corrected chi connectivity index (χ0v) is 8.14. The van der Waals surface area contributed by atoms with Crippen molar-refractivity contribution < 1.29 is 0 Å². The van der Waals surface area contributed by atoms with Crippen molar-refractivity contribution >= 4 is 0 Å². The van der Waals surface area contributed by atoms with E-state index in [0.29, 0.717) is 6.04 Å². The highest BCUT2D eigenvalue weighted by atomic mass is 15.0. The van der Waals surface area contributed by atoms with Gasteiger partial charge in [0.2, 0.25) is 0 Å². The lowest BCUT2D eigenvalue weighted by molar-refractivity contribution is 0.399. The van der Waals surface area contributed by atoms with Gasteiger partial charge in [-0.2, -0.15) is 0 Å². The summed E-state index contributed by atoms with van der Waals surface area (Å²) >= 11 is 0. The van der Waals surface area contributed by atoms with Crippen LogP contribution in [0.1, 0.15) is 43.7 Å². The van der Waals surface area contributed by atoms with Crippen LogP contribution in [0.2, 0.25) is 0 Å². The molecule has 2 rings (SSSR count). The van der Waals surface area contributed by atoms with Crippen molar-refractivity contribution in [2.75, 3.05) is 6.54 Å². The fraction of sp³-hybridized carbons (Fsp3) is 0.700. The van der Waals surface area contributed by atoms with Crippen LogP contribution in [0.4, 0.5) is 0 Å². The zero-order valence-electron chi connectivity index (χ0n) is 8.14. The third kappa shape index (κ3) is 1.91. The average molecular weight is 179 g/mol. The average Bonchev–Trinajstić information content (AvgIpc) is 2.67. The van der Waals surface area contributed by atoms with E-state index in [2.05, 4.69) is 22.2 Å². The maximum absolute atomic E-state index is 4.39. The van der Waals surface area contributed by atoms with Gasteiger partial charge in [0.15, 0.2) is 0 Å². The van der Waals surface area contributed by atoms with Crippen LogP contribution in [-0.2, 0) is 6.42 Å². The molecule has 3 nitrogen and oxygen atoms in total. The molecule has 0 amide bonds. The van der Waals surface area contributed by atoms with Gasteiger partial charge in [0.05, 0.1) is 6.04 Å². The summed E-state index contributed by atoms with van der Waals surface area (Å²) in [5.41, 5.74) is 1.24. The first kappa shape index (κ1) is 8.75. The van der Waals surface area contributed by atoms with Gasteiger partial charge in [-0.05, 0) is 25.8 Å². The van der Waals surface area contributed by atoms with Crippen molar-refractivity contribution in [2.24, 2.45) is 0 Å². The van der Waals surface area contributed by atoms with Gasteiger partial charge in [0.25, 0.3) is 0 Å². The topological polar surface area (TPSA) is 40.7 Å². The smallest absolute Gasteiger partial charge is 0.123 e. The maximum atomic E-state index is 4.39. The minimum absolute atomic E-state index is 0.467. The summed E-state index contributed by atoms with van der Waals surface area (Å²) in [7, 11) is 0. The maximum Gasteiger partial charge on any atom is 0.123 e. The molecule has 0 spiro atoms. The summed E-state index contributed by atoms with van der Waals surface area (Å²) < 4.78 is 0. The van der Waals surface area contributed by atoms with E-state index in [1.165, 1.54) is 25.0 Å². The van der Waals surface area contributed by atoms with Gasteiger partial charge in [0.1, 0.15) is 5.82 Å². The van der Waals surface area contributed by atoms with Gasteiger partial charge in [-0.15, -0.1) is 0 Å². The van der Waals surface area contributed by atoms with Crippen molar-refractivity contribution in [2.45, 2.75) is 38.6 Å². The molecule has 0 aromatic carbocycles. The van der Waals surface area contributed by atoms with Crippen molar-refractivity contribution in [3.05, 3.63) is 17.7 Å². The van der Waals surface area contributed by atoms with E-state index in [1.54, 1.807) is 0 Å². The third-order valence-electron chi connectivity index (χ3n) is 2.67. The van der Waals surface area contributed by atoms with Crippen LogP contribution >= 0.6 is 0 Å². The molecule has 1 unspecified atom stereocenters. The molecule has 1 aromatic rings. The Bertz CT molecular complexity index is 261. The first-order chi connectivity index (χ1) is 6.40. The molecule has 72 valence electrons. The van der Waals surface area contributed by atoms with Crippen LogP contribution in [-0.4, -0.2) is 16.5 Å². The molecule has 1 atom stereocenters. The number of H-pyrrole nitrogens is 1. The normalized spacial score (nSPS) is 23.3. The van der Waals surface area contributed by atoms with E-state index < -0.39 is 0 Å². The van der Waals surface area contributed by atoms with Crippen LogP contribution in [0.25, 0.3) is 0 Å². The SMILES string of the molecule is CCc1cnc(C2CCCCN2)[nH]1. The van der Waals surface area contributed by atoms with E-state index in [4.69, 9.17) is 0 Å². The summed E-state index contributed by atoms with van der Waals surface area (Å²) in [6.45, 7) is 3.28. The molecule has 3 heteroatoms. The van der Waals surface area contributed by atoms with Crippen molar-refractivity contribution in [3.8, 4) is 0 Å². The van der Waals surface area contributed by atoms with Gasteiger partial charge in [-0.3, -0.25) is 0 Å². The van der Waals surface area contributed by atoms with Crippen LogP contribution in [0.5, 0.6) is 0 Å². The summed E-state index contributed by atoms with van der Waals surface area (Å²) in [6, 6.07) is 0.467. The van der Waals surface area contributed by atoms with Crippen molar-refractivity contribution in [3.63, 3.8) is 0 Å². The third-order valence-corrected chi connectivity index (χ3v) is 2.67. The number of hydrogen-bond acceptors (Lipinski definition) is 2. The molecule has 1 saturated heterocycles. The molecular weight excluding hydrogens is 162 g/mol. The zero-order chi connectivity index (χ0) is 9.10. The second-order valence-corrected chi connectivity index (χ2v) is 3.65. The Kier molecular flexibility index (Phi) is 2.64. The predicted molar refractivity (Wildman–Crippen MR) is 52.6 cm³/mol. The first-order valence-corrected chi connectivity index (χ1v) is 5.17. The van der Waals surface area contributed by atoms with E-state index in [9.17, 15) is 0 Å². The quantitative estimate of drug-likeness (QED) is 0.726. The highest BCUT2D eigenvalue weighted by Crippen LogP contribution is 2.20. The molecule has 1 fully saturated rings. The highest BCUT2D eigenvalue weighted by Gasteiger charge is 2.16. The molecule has 0 aliphatic carbocycles. The van der Waals surface area contributed by atoms with Gasteiger partial charge in [0, 0.05) is 11.9 Å². The molecule has 0 radical (unpaired) electrons. The fourth-order valence-corrected chi connectivity index (χ4v) is 1.82. The van der Waals surface area contributed by atoms with Crippen LogP contribution in [0, 0.1) is 0 Å². The minimum atomic E-state index is 0.467. The lowest BCUT2D eigenvalue weighted by Gasteiger charge is -2.21. The highest BCUT2D eigenvalue weighted by molar-refractivity contribution is 5.05. The van der Waals surface area contributed by atoms with Crippen LogP contribution < -0.4 is 5.32 Å². The van der Waals surface area contributed by atoms with Gasteiger partial charge >= 0.3 is 0 Å². The summed E-state index contributed by atoms with van der Waals surface area (Å²) in [4.78, 5) is 7.75. The molecule has 13 heavy (non-hydrogen) atoms. The van der Waals surface area contributed by atoms with Gasteiger partial charge in [-0.1, -0.05) is 13.3 Å². The number of nitrogens with one attached hydrogen (secondary N) is 2. The Morgan fingerprint density at radius 2 is 2.46 bits per heavy atom. The fourth-order valence-electron chi connectivity index (χ4n) is 1.82. The summed E-state index contributed by atoms with van der Waals surface area (Å²) in [5, 5.41) is 3.48. The summed E-state index contributed by atoms with van der Waals surface area (Å²) in [5.74, 6) is 1.12. The number of aryl methyl sites for hydroxylation is 1. The largest absolute Gasteiger partial charge is 0.345 e. The Balaban J connectivity index is 2.05. The second kappa shape index (κ2) is 3.92. The molecule has 0 saturated carbocycles. The van der Waals surface area contributed by atoms with Gasteiger partial charge < -0.3 is 10.3 Å². The van der Waals surface area contributed by atoms with E-state index >= 15 is 0 Å². The molecule has 1 aliphatic rings. The first-order valence-electron chi connectivity index (χ1n) is 5.17. The monoisotopic (exact) mass is 179 g/mol. The summed E-state index contributed by atoms with van der Waals surface area (Å²) in [6.07, 6.45) is 6.83. The number of nitrogens with zero attached hydrogens (tertiary/aromatic N) is 1. The number of piperidine rings is 1. The van der Waals surface area contributed by atoms with Crippen molar-refractivity contribution in [1.29, 1.82) is 0 Å². The van der Waals surface area contributed by atoms with Gasteiger partial charge in [-0.25, -0.2) is 4.98 Å². The molecule has 1 aliphatic heterocycles. The Labute approximate surface area is 79.0 Å². The predicted octanol–water partition coefficient (Wildman–Crippen LogP) is 1.79. The van der Waals surface area contributed by atoms with Crippen LogP contribution in [0.15, 0.2) is 6.20 Å². The molecule has 0 bridgehead atoms. The minimum Gasteiger partial charge on any atom is -0.345 e. The second-order valence-electron chi connectivity index (χ2n) is 3.65. The lowest BCUT2D eigenvalue weighted by Crippen LogP contribution is -2.27. The number of aromatic amines is 1. The van der Waals surface area contributed by atoms with Crippen LogP contribution in [0.3, 0.4) is 0 Å². The number of aromatic nitrogens is 2.